The number of furan rings is 1. The zero-order valence-electron chi connectivity index (χ0n) is 8.05. The van der Waals surface area contributed by atoms with Crippen LogP contribution in [-0.2, 0) is 0 Å². The second-order valence-electron chi connectivity index (χ2n) is 3.17. The Morgan fingerprint density at radius 3 is 2.83 bits per heavy atom. The van der Waals surface area contributed by atoms with Crippen molar-refractivity contribution in [2.45, 2.75) is 33.2 Å². The van der Waals surface area contributed by atoms with Crippen molar-refractivity contribution in [3.05, 3.63) is 23.7 Å². The lowest BCUT2D eigenvalue weighted by Gasteiger charge is -2.09. The monoisotopic (exact) mass is 167 g/mol. The summed E-state index contributed by atoms with van der Waals surface area (Å²) in [5.41, 5.74) is 1.24. The van der Waals surface area contributed by atoms with Gasteiger partial charge in [-0.2, -0.15) is 0 Å². The standard InChI is InChI=1S/C10H17NO/c1-4-5-11-9(3)10-6-8(2)12-7-10/h6-7,9,11H,4-5H2,1-3H3. The molecule has 1 N–H and O–H groups in total. The fourth-order valence-electron chi connectivity index (χ4n) is 1.17. The van der Waals surface area contributed by atoms with Crippen LogP contribution in [0.15, 0.2) is 16.7 Å². The van der Waals surface area contributed by atoms with Gasteiger partial charge < -0.3 is 9.73 Å². The minimum atomic E-state index is 0.405. The Bertz CT molecular complexity index is 229. The van der Waals surface area contributed by atoms with Crippen LogP contribution in [0, 0.1) is 6.92 Å². The van der Waals surface area contributed by atoms with E-state index in [4.69, 9.17) is 4.42 Å². The SMILES string of the molecule is CCCNC(C)c1coc(C)c1. The average Bonchev–Trinajstić information content (AvgIpc) is 2.47. The predicted octanol–water partition coefficient (Wildman–Crippen LogP) is 2.65. The van der Waals surface area contributed by atoms with Crippen molar-refractivity contribution >= 4 is 0 Å². The van der Waals surface area contributed by atoms with Gasteiger partial charge in [0.1, 0.15) is 5.76 Å². The Kier molecular flexibility index (Phi) is 3.35. The van der Waals surface area contributed by atoms with Gasteiger partial charge in [0.05, 0.1) is 6.26 Å². The smallest absolute Gasteiger partial charge is 0.101 e. The third kappa shape index (κ3) is 2.38. The average molecular weight is 167 g/mol. The van der Waals surface area contributed by atoms with E-state index in [1.165, 1.54) is 12.0 Å². The van der Waals surface area contributed by atoms with E-state index in [1.807, 2.05) is 13.2 Å². The quantitative estimate of drug-likeness (QED) is 0.745. The molecular weight excluding hydrogens is 150 g/mol. The van der Waals surface area contributed by atoms with Crippen LogP contribution in [0.25, 0.3) is 0 Å². The van der Waals surface area contributed by atoms with Gasteiger partial charge in [0, 0.05) is 11.6 Å². The first-order valence-electron chi connectivity index (χ1n) is 4.52. The van der Waals surface area contributed by atoms with E-state index in [2.05, 4.69) is 25.2 Å². The predicted molar refractivity (Wildman–Crippen MR) is 50.2 cm³/mol. The number of aryl methyl sites for hydroxylation is 1. The third-order valence-electron chi connectivity index (χ3n) is 1.95. The van der Waals surface area contributed by atoms with Crippen LogP contribution in [0.1, 0.15) is 37.6 Å². The second kappa shape index (κ2) is 4.31. The molecule has 0 bridgehead atoms. The molecule has 1 heterocycles. The largest absolute Gasteiger partial charge is 0.469 e. The van der Waals surface area contributed by atoms with Gasteiger partial charge in [-0.3, -0.25) is 0 Å². The summed E-state index contributed by atoms with van der Waals surface area (Å²) < 4.78 is 5.23. The van der Waals surface area contributed by atoms with Gasteiger partial charge in [0.2, 0.25) is 0 Å². The van der Waals surface area contributed by atoms with E-state index < -0.39 is 0 Å². The summed E-state index contributed by atoms with van der Waals surface area (Å²) >= 11 is 0. The molecule has 1 aromatic rings. The van der Waals surface area contributed by atoms with Crippen molar-refractivity contribution < 1.29 is 4.42 Å². The zero-order chi connectivity index (χ0) is 8.97. The number of nitrogens with one attached hydrogen (secondary N) is 1. The Morgan fingerprint density at radius 1 is 1.58 bits per heavy atom. The third-order valence-corrected chi connectivity index (χ3v) is 1.95. The lowest BCUT2D eigenvalue weighted by molar-refractivity contribution is 0.518. The number of rotatable bonds is 4. The van der Waals surface area contributed by atoms with Crippen LogP contribution in [0.5, 0.6) is 0 Å². The van der Waals surface area contributed by atoms with E-state index in [1.54, 1.807) is 0 Å². The highest BCUT2D eigenvalue weighted by Crippen LogP contribution is 2.14. The van der Waals surface area contributed by atoms with Crippen LogP contribution in [0.3, 0.4) is 0 Å². The molecule has 0 fully saturated rings. The first-order valence-corrected chi connectivity index (χ1v) is 4.52. The molecule has 1 aromatic heterocycles. The molecule has 1 unspecified atom stereocenters. The zero-order valence-corrected chi connectivity index (χ0v) is 8.05. The molecule has 1 atom stereocenters. The maximum Gasteiger partial charge on any atom is 0.101 e. The van der Waals surface area contributed by atoms with Crippen molar-refractivity contribution in [3.63, 3.8) is 0 Å². The first kappa shape index (κ1) is 9.33. The van der Waals surface area contributed by atoms with Crippen LogP contribution in [0.4, 0.5) is 0 Å². The minimum absolute atomic E-state index is 0.405. The van der Waals surface area contributed by atoms with Crippen LogP contribution < -0.4 is 5.32 Å². The molecule has 0 radical (unpaired) electrons. The number of hydrogen-bond donors (Lipinski definition) is 1. The van der Waals surface area contributed by atoms with Gasteiger partial charge in [0.25, 0.3) is 0 Å². The van der Waals surface area contributed by atoms with Gasteiger partial charge in [-0.15, -0.1) is 0 Å². The maximum atomic E-state index is 5.23. The Labute approximate surface area is 74.0 Å². The fourth-order valence-corrected chi connectivity index (χ4v) is 1.17. The normalized spacial score (nSPS) is 13.2. The van der Waals surface area contributed by atoms with Gasteiger partial charge in [-0.1, -0.05) is 6.92 Å². The molecule has 0 spiro atoms. The highest BCUT2D eigenvalue weighted by molar-refractivity contribution is 5.15. The van der Waals surface area contributed by atoms with E-state index in [-0.39, 0.29) is 0 Å². The van der Waals surface area contributed by atoms with E-state index in [0.29, 0.717) is 6.04 Å². The highest BCUT2D eigenvalue weighted by Gasteiger charge is 2.05. The van der Waals surface area contributed by atoms with Crippen molar-refractivity contribution in [2.24, 2.45) is 0 Å². The molecule has 1 rings (SSSR count). The van der Waals surface area contributed by atoms with Crippen molar-refractivity contribution in [3.8, 4) is 0 Å². The van der Waals surface area contributed by atoms with Gasteiger partial charge in [0.15, 0.2) is 0 Å². The molecule has 0 saturated carbocycles. The molecule has 0 aromatic carbocycles. The summed E-state index contributed by atoms with van der Waals surface area (Å²) in [5.74, 6) is 0.982. The maximum absolute atomic E-state index is 5.23. The van der Waals surface area contributed by atoms with Gasteiger partial charge in [-0.25, -0.2) is 0 Å². The van der Waals surface area contributed by atoms with E-state index in [0.717, 1.165) is 12.3 Å². The number of hydrogen-bond acceptors (Lipinski definition) is 2. The van der Waals surface area contributed by atoms with Gasteiger partial charge >= 0.3 is 0 Å². The second-order valence-corrected chi connectivity index (χ2v) is 3.17. The van der Waals surface area contributed by atoms with Crippen molar-refractivity contribution in [1.82, 2.24) is 5.32 Å². The molecule has 0 saturated heterocycles. The summed E-state index contributed by atoms with van der Waals surface area (Å²) in [4.78, 5) is 0. The molecular formula is C10H17NO. The van der Waals surface area contributed by atoms with E-state index >= 15 is 0 Å². The summed E-state index contributed by atoms with van der Waals surface area (Å²) in [7, 11) is 0. The minimum Gasteiger partial charge on any atom is -0.469 e. The fraction of sp³-hybridized carbons (Fsp3) is 0.600. The molecule has 0 aliphatic rings. The molecule has 0 aliphatic heterocycles. The molecule has 68 valence electrons. The van der Waals surface area contributed by atoms with Gasteiger partial charge in [-0.05, 0) is 32.9 Å². The Morgan fingerprint density at radius 2 is 2.33 bits per heavy atom. The topological polar surface area (TPSA) is 25.2 Å². The Hall–Kier alpha value is -0.760. The van der Waals surface area contributed by atoms with Crippen LogP contribution in [-0.4, -0.2) is 6.54 Å². The molecule has 2 nitrogen and oxygen atoms in total. The van der Waals surface area contributed by atoms with E-state index in [9.17, 15) is 0 Å². The summed E-state index contributed by atoms with van der Waals surface area (Å²) in [6.45, 7) is 7.35. The van der Waals surface area contributed by atoms with Crippen LogP contribution >= 0.6 is 0 Å². The summed E-state index contributed by atoms with van der Waals surface area (Å²) in [6, 6.07) is 2.48. The summed E-state index contributed by atoms with van der Waals surface area (Å²) in [6.07, 6.45) is 2.99. The lowest BCUT2D eigenvalue weighted by Crippen LogP contribution is -2.18. The molecule has 0 amide bonds. The van der Waals surface area contributed by atoms with Crippen molar-refractivity contribution in [2.75, 3.05) is 6.54 Å². The Balaban J connectivity index is 2.47. The summed E-state index contributed by atoms with van der Waals surface area (Å²) in [5, 5.41) is 3.40. The highest BCUT2D eigenvalue weighted by atomic mass is 16.3. The molecule has 2 heteroatoms. The lowest BCUT2D eigenvalue weighted by atomic mass is 10.1. The molecule has 0 aliphatic carbocycles. The molecule has 12 heavy (non-hydrogen) atoms. The van der Waals surface area contributed by atoms with Crippen LogP contribution in [0.2, 0.25) is 0 Å². The van der Waals surface area contributed by atoms with Crippen molar-refractivity contribution in [1.29, 1.82) is 0 Å². The first-order chi connectivity index (χ1) is 5.74.